The summed E-state index contributed by atoms with van der Waals surface area (Å²) in [5.74, 6) is 0.476. The highest BCUT2D eigenvalue weighted by molar-refractivity contribution is 5.92. The van der Waals surface area contributed by atoms with Crippen molar-refractivity contribution in [3.8, 4) is 5.75 Å². The van der Waals surface area contributed by atoms with E-state index in [0.717, 1.165) is 27.9 Å². The zero-order chi connectivity index (χ0) is 23.2. The highest BCUT2D eigenvalue weighted by atomic mass is 16.5. The van der Waals surface area contributed by atoms with Crippen molar-refractivity contribution in [2.45, 2.75) is 26.9 Å². The van der Waals surface area contributed by atoms with E-state index in [1.54, 1.807) is 28.8 Å². The van der Waals surface area contributed by atoms with Crippen LogP contribution in [0, 0.1) is 6.92 Å². The first kappa shape index (κ1) is 22.1. The number of para-hydroxylation sites is 1. The fraction of sp³-hybridized carbons (Fsp3) is 0.185. The van der Waals surface area contributed by atoms with Crippen LogP contribution in [0.5, 0.6) is 5.75 Å². The summed E-state index contributed by atoms with van der Waals surface area (Å²) in [5, 5.41) is 7.08. The fourth-order valence-electron chi connectivity index (χ4n) is 3.72. The molecule has 0 radical (unpaired) electrons. The molecule has 0 aliphatic heterocycles. The van der Waals surface area contributed by atoms with Crippen molar-refractivity contribution >= 4 is 28.2 Å². The van der Waals surface area contributed by atoms with Crippen LogP contribution >= 0.6 is 0 Å². The Balaban J connectivity index is 1.60. The predicted molar refractivity (Wildman–Crippen MR) is 133 cm³/mol. The van der Waals surface area contributed by atoms with Gasteiger partial charge in [0.05, 0.1) is 12.1 Å². The maximum Gasteiger partial charge on any atom is 0.256 e. The number of carbonyl (C=O) groups excluding carboxylic acids is 1. The molecule has 0 unspecified atom stereocenters. The van der Waals surface area contributed by atoms with Gasteiger partial charge in [-0.15, -0.1) is 0 Å². The van der Waals surface area contributed by atoms with Gasteiger partial charge in [-0.05, 0) is 73.3 Å². The first-order valence-electron chi connectivity index (χ1n) is 11.0. The van der Waals surface area contributed by atoms with Gasteiger partial charge < -0.3 is 15.4 Å². The first-order chi connectivity index (χ1) is 16.0. The van der Waals surface area contributed by atoms with E-state index >= 15 is 0 Å². The number of benzene rings is 3. The van der Waals surface area contributed by atoms with E-state index in [1.165, 1.54) is 0 Å². The molecule has 4 aromatic rings. The lowest BCUT2D eigenvalue weighted by Crippen LogP contribution is -2.30. The molecule has 2 N–H and O–H groups in total. The molecule has 1 aromatic heterocycles. The lowest BCUT2D eigenvalue weighted by molar-refractivity contribution is -0.116. The second-order valence-corrected chi connectivity index (χ2v) is 7.85. The largest absolute Gasteiger partial charge is 0.494 e. The first-order valence-corrected chi connectivity index (χ1v) is 11.0. The Bertz CT molecular complexity index is 1310. The van der Waals surface area contributed by atoms with Crippen LogP contribution in [0.2, 0.25) is 0 Å². The summed E-state index contributed by atoms with van der Waals surface area (Å²) >= 11 is 0. The predicted octanol–water partition coefficient (Wildman–Crippen LogP) is 4.96. The van der Waals surface area contributed by atoms with Gasteiger partial charge in [0.25, 0.3) is 5.56 Å². The van der Waals surface area contributed by atoms with E-state index in [0.29, 0.717) is 24.4 Å². The lowest BCUT2D eigenvalue weighted by atomic mass is 10.1. The number of rotatable bonds is 8. The number of amides is 1. The molecule has 4 rings (SSSR count). The van der Waals surface area contributed by atoms with E-state index in [2.05, 4.69) is 10.6 Å². The molecule has 1 amide bonds. The van der Waals surface area contributed by atoms with Gasteiger partial charge in [0.1, 0.15) is 12.3 Å². The molecule has 0 atom stereocenters. The fourth-order valence-corrected chi connectivity index (χ4v) is 3.72. The molecule has 0 fully saturated rings. The summed E-state index contributed by atoms with van der Waals surface area (Å²) in [4.78, 5) is 26.2. The molecular formula is C27H27N3O3. The van der Waals surface area contributed by atoms with Gasteiger partial charge in [0.15, 0.2) is 0 Å². The topological polar surface area (TPSA) is 72.4 Å². The number of carbonyl (C=O) groups is 1. The second kappa shape index (κ2) is 10.0. The number of nitrogens with one attached hydrogen (secondary N) is 2. The van der Waals surface area contributed by atoms with E-state index in [-0.39, 0.29) is 18.0 Å². The van der Waals surface area contributed by atoms with Crippen LogP contribution in [0.3, 0.4) is 0 Å². The maximum atomic E-state index is 13.3. The Kier molecular flexibility index (Phi) is 6.74. The lowest BCUT2D eigenvalue weighted by Gasteiger charge is -2.15. The Morgan fingerprint density at radius 1 is 0.939 bits per heavy atom. The Labute approximate surface area is 192 Å². The average Bonchev–Trinajstić information content (AvgIpc) is 2.82. The molecule has 0 aliphatic rings. The molecule has 33 heavy (non-hydrogen) atoms. The Hall–Kier alpha value is -4.06. The number of anilines is 2. The quantitative estimate of drug-likeness (QED) is 0.405. The summed E-state index contributed by atoms with van der Waals surface area (Å²) in [7, 11) is 0. The molecule has 0 bridgehead atoms. The number of fused-ring (bicyclic) bond motifs is 1. The zero-order valence-corrected chi connectivity index (χ0v) is 18.8. The van der Waals surface area contributed by atoms with Crippen LogP contribution in [0.25, 0.3) is 10.9 Å². The van der Waals surface area contributed by atoms with Gasteiger partial charge >= 0.3 is 0 Å². The smallest absolute Gasteiger partial charge is 0.256 e. The minimum Gasteiger partial charge on any atom is -0.494 e. The van der Waals surface area contributed by atoms with Crippen molar-refractivity contribution in [2.75, 3.05) is 17.2 Å². The van der Waals surface area contributed by atoms with E-state index in [4.69, 9.17) is 4.74 Å². The highest BCUT2D eigenvalue weighted by Crippen LogP contribution is 2.18. The molecule has 0 spiro atoms. The van der Waals surface area contributed by atoms with Crippen molar-refractivity contribution < 1.29 is 9.53 Å². The van der Waals surface area contributed by atoms with Gasteiger partial charge in [0.2, 0.25) is 5.91 Å². The van der Waals surface area contributed by atoms with Gasteiger partial charge in [-0.1, -0.05) is 30.3 Å². The van der Waals surface area contributed by atoms with Crippen LogP contribution in [-0.4, -0.2) is 17.1 Å². The number of aromatic nitrogens is 1. The molecule has 0 saturated heterocycles. The minimum atomic E-state index is -0.266. The standard InChI is InChI=1S/C27H27N3O3/c1-3-33-24-13-11-23(12-14-24)29-26(31)18-30-25-15-19(2)9-10-20(25)16-21(27(30)32)17-28-22-7-5-4-6-8-22/h4-16,28H,3,17-18H2,1-2H3,(H,29,31). The summed E-state index contributed by atoms with van der Waals surface area (Å²) in [6, 6.07) is 24.7. The third-order valence-corrected chi connectivity index (χ3v) is 5.33. The summed E-state index contributed by atoms with van der Waals surface area (Å²) in [5.41, 5.74) is 3.77. The summed E-state index contributed by atoms with van der Waals surface area (Å²) < 4.78 is 6.99. The summed E-state index contributed by atoms with van der Waals surface area (Å²) in [6.45, 7) is 4.76. The number of nitrogens with zero attached hydrogens (tertiary/aromatic N) is 1. The van der Waals surface area contributed by atoms with Crippen molar-refractivity contribution in [2.24, 2.45) is 0 Å². The molecule has 6 nitrogen and oxygen atoms in total. The van der Waals surface area contributed by atoms with Crippen LogP contribution in [-0.2, 0) is 17.9 Å². The number of aryl methyl sites for hydroxylation is 1. The van der Waals surface area contributed by atoms with Crippen LogP contribution in [0.1, 0.15) is 18.1 Å². The van der Waals surface area contributed by atoms with Crippen molar-refractivity contribution in [3.63, 3.8) is 0 Å². The third-order valence-electron chi connectivity index (χ3n) is 5.33. The van der Waals surface area contributed by atoms with E-state index < -0.39 is 0 Å². The van der Waals surface area contributed by atoms with Gasteiger partial charge in [-0.25, -0.2) is 0 Å². The van der Waals surface area contributed by atoms with Gasteiger partial charge in [0, 0.05) is 23.5 Å². The van der Waals surface area contributed by atoms with Crippen molar-refractivity contribution in [1.82, 2.24) is 4.57 Å². The summed E-state index contributed by atoms with van der Waals surface area (Å²) in [6.07, 6.45) is 0. The number of hydrogen-bond acceptors (Lipinski definition) is 4. The zero-order valence-electron chi connectivity index (χ0n) is 18.8. The Morgan fingerprint density at radius 2 is 1.70 bits per heavy atom. The molecule has 3 aromatic carbocycles. The monoisotopic (exact) mass is 441 g/mol. The van der Waals surface area contributed by atoms with Crippen LogP contribution in [0.15, 0.2) is 83.7 Å². The molecule has 168 valence electrons. The molecule has 6 heteroatoms. The molecule has 0 saturated carbocycles. The SMILES string of the molecule is CCOc1ccc(NC(=O)Cn2c(=O)c(CNc3ccccc3)cc3ccc(C)cc32)cc1. The average molecular weight is 442 g/mol. The maximum absolute atomic E-state index is 13.3. The molecule has 1 heterocycles. The number of pyridine rings is 1. The van der Waals surface area contributed by atoms with Crippen LogP contribution < -0.4 is 20.9 Å². The second-order valence-electron chi connectivity index (χ2n) is 7.85. The van der Waals surface area contributed by atoms with Gasteiger partial charge in [-0.2, -0.15) is 0 Å². The highest BCUT2D eigenvalue weighted by Gasteiger charge is 2.13. The normalized spacial score (nSPS) is 10.7. The van der Waals surface area contributed by atoms with E-state index in [9.17, 15) is 9.59 Å². The van der Waals surface area contributed by atoms with Crippen molar-refractivity contribution in [1.29, 1.82) is 0 Å². The molecular weight excluding hydrogens is 414 g/mol. The molecule has 0 aliphatic carbocycles. The van der Waals surface area contributed by atoms with Gasteiger partial charge in [-0.3, -0.25) is 14.2 Å². The van der Waals surface area contributed by atoms with Crippen LogP contribution in [0.4, 0.5) is 11.4 Å². The number of hydrogen-bond donors (Lipinski definition) is 2. The van der Waals surface area contributed by atoms with Crippen molar-refractivity contribution in [3.05, 3.63) is 100 Å². The number of ether oxygens (including phenoxy) is 1. The minimum absolute atomic E-state index is 0.0782. The third kappa shape index (κ3) is 5.41. The van der Waals surface area contributed by atoms with E-state index in [1.807, 2.05) is 68.4 Å². The Morgan fingerprint density at radius 3 is 2.42 bits per heavy atom.